The molecule has 4 N–H and O–H groups in total. The summed E-state index contributed by atoms with van der Waals surface area (Å²) in [5.74, 6) is -1.80. The van der Waals surface area contributed by atoms with Gasteiger partial charge in [-0.25, -0.2) is 9.59 Å². The number of nitrogens with one attached hydrogen (secondary N) is 2. The average Bonchev–Trinajstić information content (AvgIpc) is 3.15. The van der Waals surface area contributed by atoms with Crippen LogP contribution in [0.25, 0.3) is 0 Å². The highest BCUT2D eigenvalue weighted by Crippen LogP contribution is 2.16. The maximum absolute atomic E-state index is 11.8. The highest BCUT2D eigenvalue weighted by Gasteiger charge is 2.21. The first-order valence-electron chi connectivity index (χ1n) is 6.96. The maximum Gasteiger partial charge on any atom is 0.346 e. The number of urea groups is 1. The van der Waals surface area contributed by atoms with Crippen LogP contribution < -0.4 is 16.4 Å². The molecule has 10 heteroatoms. The second-order valence-corrected chi connectivity index (χ2v) is 5.75. The minimum atomic E-state index is -0.848. The van der Waals surface area contributed by atoms with Crippen molar-refractivity contribution >= 4 is 35.1 Å². The summed E-state index contributed by atoms with van der Waals surface area (Å²) in [6, 6.07) is 3.21. The molecule has 0 aliphatic heterocycles. The van der Waals surface area contributed by atoms with Crippen molar-refractivity contribution in [2.24, 2.45) is 0 Å². The number of nitrogens with zero attached hydrogens (tertiary/aromatic N) is 1. The Morgan fingerprint density at radius 1 is 1.42 bits per heavy atom. The van der Waals surface area contributed by atoms with Crippen LogP contribution in [-0.4, -0.2) is 36.2 Å². The van der Waals surface area contributed by atoms with E-state index in [4.69, 9.17) is 10.5 Å². The zero-order chi connectivity index (χ0) is 17.5. The zero-order valence-electron chi connectivity index (χ0n) is 12.8. The summed E-state index contributed by atoms with van der Waals surface area (Å²) in [5.41, 5.74) is 5.65. The number of ether oxygens (including phenoxy) is 1. The largest absolute Gasteiger partial charge is 0.452 e. The molecule has 24 heavy (non-hydrogen) atoms. The lowest BCUT2D eigenvalue weighted by Gasteiger charge is -2.07. The van der Waals surface area contributed by atoms with E-state index in [9.17, 15) is 14.4 Å². The van der Waals surface area contributed by atoms with Gasteiger partial charge in [-0.1, -0.05) is 11.2 Å². The summed E-state index contributed by atoms with van der Waals surface area (Å²) in [7, 11) is 0. The molecule has 0 saturated heterocycles. The second-order valence-electron chi connectivity index (χ2n) is 4.72. The van der Waals surface area contributed by atoms with Crippen LogP contribution in [0.2, 0.25) is 0 Å². The van der Waals surface area contributed by atoms with E-state index < -0.39 is 24.5 Å². The predicted molar refractivity (Wildman–Crippen MR) is 85.5 cm³/mol. The summed E-state index contributed by atoms with van der Waals surface area (Å²) >= 11 is 1.58. The minimum Gasteiger partial charge on any atom is -0.452 e. The van der Waals surface area contributed by atoms with Crippen LogP contribution in [-0.2, 0) is 16.0 Å². The van der Waals surface area contributed by atoms with Gasteiger partial charge in [-0.15, -0.1) is 11.3 Å². The molecule has 0 aliphatic carbocycles. The average molecular weight is 352 g/mol. The van der Waals surface area contributed by atoms with Crippen LogP contribution in [0.1, 0.15) is 20.9 Å². The van der Waals surface area contributed by atoms with E-state index in [1.807, 2.05) is 17.5 Å². The smallest absolute Gasteiger partial charge is 0.346 e. The van der Waals surface area contributed by atoms with Gasteiger partial charge in [0.25, 0.3) is 5.91 Å². The van der Waals surface area contributed by atoms with E-state index in [0.29, 0.717) is 13.0 Å². The van der Waals surface area contributed by atoms with Crippen molar-refractivity contribution in [3.05, 3.63) is 33.6 Å². The molecular formula is C14H16N4O5S. The Balaban J connectivity index is 1.69. The number of aryl methyl sites for hydroxylation is 1. The number of carbonyl (C=O) groups is 3. The molecular weight excluding hydrogens is 336 g/mol. The molecule has 0 radical (unpaired) electrons. The molecule has 3 amide bonds. The molecule has 0 saturated carbocycles. The zero-order valence-corrected chi connectivity index (χ0v) is 13.6. The number of hydrogen-bond acceptors (Lipinski definition) is 8. The van der Waals surface area contributed by atoms with Crippen LogP contribution >= 0.6 is 11.3 Å². The number of anilines is 1. The quantitative estimate of drug-likeness (QED) is 0.656. The van der Waals surface area contributed by atoms with Crippen molar-refractivity contribution in [1.82, 2.24) is 15.8 Å². The Hall–Kier alpha value is -2.88. The van der Waals surface area contributed by atoms with Crippen LogP contribution in [0.3, 0.4) is 0 Å². The number of carbonyl (C=O) groups excluding carboxylic acids is 3. The van der Waals surface area contributed by atoms with Gasteiger partial charge < -0.3 is 20.3 Å². The standard InChI is InChI=1S/C14H16N4O5S/c1-8-11(12(15)23-18-8)13(20)22-7-10(19)17-14(21)16-5-4-9-3-2-6-24-9/h2-3,6H,4-5,7,15H2,1H3,(H2,16,17,19,21). The number of esters is 1. The summed E-state index contributed by atoms with van der Waals surface area (Å²) in [4.78, 5) is 36.0. The van der Waals surface area contributed by atoms with Gasteiger partial charge >= 0.3 is 12.0 Å². The SMILES string of the molecule is Cc1noc(N)c1C(=O)OCC(=O)NC(=O)NCCc1cccs1. The lowest BCUT2D eigenvalue weighted by atomic mass is 10.2. The van der Waals surface area contributed by atoms with Crippen molar-refractivity contribution in [2.75, 3.05) is 18.9 Å². The Bertz CT molecular complexity index is 706. The number of nitrogen functional groups attached to an aromatic ring is 1. The first kappa shape index (κ1) is 17.5. The number of hydrogen-bond donors (Lipinski definition) is 3. The third kappa shape index (κ3) is 4.81. The topological polar surface area (TPSA) is 137 Å². The monoisotopic (exact) mass is 352 g/mol. The van der Waals surface area contributed by atoms with Crippen molar-refractivity contribution < 1.29 is 23.6 Å². The number of imide groups is 1. The van der Waals surface area contributed by atoms with Crippen LogP contribution in [0, 0.1) is 6.92 Å². The number of thiophene rings is 1. The van der Waals surface area contributed by atoms with Crippen LogP contribution in [0.5, 0.6) is 0 Å². The molecule has 2 heterocycles. The molecule has 9 nitrogen and oxygen atoms in total. The molecule has 0 atom stereocenters. The maximum atomic E-state index is 11.8. The normalized spacial score (nSPS) is 10.2. The summed E-state index contributed by atoms with van der Waals surface area (Å²) in [6.45, 7) is 1.27. The van der Waals surface area contributed by atoms with E-state index >= 15 is 0 Å². The lowest BCUT2D eigenvalue weighted by molar-refractivity contribution is -0.123. The van der Waals surface area contributed by atoms with E-state index in [1.165, 1.54) is 6.92 Å². The number of nitrogens with two attached hydrogens (primary N) is 1. The molecule has 2 rings (SSSR count). The molecule has 0 fully saturated rings. The summed E-state index contributed by atoms with van der Waals surface area (Å²) < 4.78 is 9.39. The third-order valence-electron chi connectivity index (χ3n) is 2.92. The highest BCUT2D eigenvalue weighted by molar-refractivity contribution is 7.09. The molecule has 0 spiro atoms. The second kappa shape index (κ2) is 8.11. The molecule has 0 unspecified atom stereocenters. The van der Waals surface area contributed by atoms with E-state index in [1.54, 1.807) is 11.3 Å². The van der Waals surface area contributed by atoms with Crippen molar-refractivity contribution in [2.45, 2.75) is 13.3 Å². The first-order valence-corrected chi connectivity index (χ1v) is 7.84. The van der Waals surface area contributed by atoms with Gasteiger partial charge in [-0.3, -0.25) is 10.1 Å². The highest BCUT2D eigenvalue weighted by atomic mass is 32.1. The van der Waals surface area contributed by atoms with Gasteiger partial charge in [0.2, 0.25) is 5.88 Å². The summed E-state index contributed by atoms with van der Waals surface area (Å²) in [6.07, 6.45) is 0.667. The van der Waals surface area contributed by atoms with Gasteiger partial charge in [0.15, 0.2) is 6.61 Å². The molecule has 2 aromatic heterocycles. The van der Waals surface area contributed by atoms with Crippen LogP contribution in [0.15, 0.2) is 22.0 Å². The van der Waals surface area contributed by atoms with E-state index in [0.717, 1.165) is 4.88 Å². The Kier molecular flexibility index (Phi) is 5.90. The molecule has 2 aromatic rings. The van der Waals surface area contributed by atoms with Gasteiger partial charge in [0, 0.05) is 11.4 Å². The van der Waals surface area contributed by atoms with Crippen molar-refractivity contribution in [3.63, 3.8) is 0 Å². The molecule has 0 aromatic carbocycles. The Morgan fingerprint density at radius 3 is 2.83 bits per heavy atom. The van der Waals surface area contributed by atoms with Crippen molar-refractivity contribution in [3.8, 4) is 0 Å². The fourth-order valence-corrected chi connectivity index (χ4v) is 2.51. The summed E-state index contributed by atoms with van der Waals surface area (Å²) in [5, 5.41) is 10.0. The molecule has 0 bridgehead atoms. The van der Waals surface area contributed by atoms with Gasteiger partial charge in [-0.2, -0.15) is 0 Å². The number of rotatable bonds is 6. The van der Waals surface area contributed by atoms with Crippen molar-refractivity contribution in [1.29, 1.82) is 0 Å². The van der Waals surface area contributed by atoms with Gasteiger partial charge in [0.1, 0.15) is 5.56 Å². The first-order chi connectivity index (χ1) is 11.5. The van der Waals surface area contributed by atoms with E-state index in [-0.39, 0.29) is 17.1 Å². The van der Waals surface area contributed by atoms with Gasteiger partial charge in [0.05, 0.1) is 5.69 Å². The van der Waals surface area contributed by atoms with Gasteiger partial charge in [-0.05, 0) is 24.8 Å². The van der Waals surface area contributed by atoms with Crippen LogP contribution in [0.4, 0.5) is 10.7 Å². The lowest BCUT2D eigenvalue weighted by Crippen LogP contribution is -2.42. The molecule has 128 valence electrons. The Morgan fingerprint density at radius 2 is 2.21 bits per heavy atom. The minimum absolute atomic E-state index is 0.0387. The predicted octanol–water partition coefficient (Wildman–Crippen LogP) is 0.852. The number of amides is 3. The Labute approximate surface area is 141 Å². The molecule has 0 aliphatic rings. The van der Waals surface area contributed by atoms with E-state index in [2.05, 4.69) is 20.3 Å². The fourth-order valence-electron chi connectivity index (χ4n) is 1.80. The fraction of sp³-hybridized carbons (Fsp3) is 0.286. The third-order valence-corrected chi connectivity index (χ3v) is 3.85. The number of aromatic nitrogens is 1.